The van der Waals surface area contributed by atoms with Crippen molar-refractivity contribution in [2.24, 2.45) is 0 Å². The van der Waals surface area contributed by atoms with Crippen LogP contribution in [0.3, 0.4) is 0 Å². The van der Waals surface area contributed by atoms with E-state index in [-0.39, 0.29) is 12.3 Å². The summed E-state index contributed by atoms with van der Waals surface area (Å²) in [6.45, 7) is 6.68. The number of unbranched alkanes of at least 4 members (excludes halogenated alkanes) is 1. The second-order valence-corrected chi connectivity index (χ2v) is 7.62. The molecule has 0 aliphatic carbocycles. The maximum absolute atomic E-state index is 11.8. The molecule has 0 aromatic rings. The van der Waals surface area contributed by atoms with Gasteiger partial charge in [0.25, 0.3) is 0 Å². The number of amides is 1. The third-order valence-electron chi connectivity index (χ3n) is 2.42. The average molecular weight is 338 g/mol. The van der Waals surface area contributed by atoms with Gasteiger partial charge in [0.2, 0.25) is 10.0 Å². The molecule has 0 bridgehead atoms. The van der Waals surface area contributed by atoms with E-state index in [4.69, 9.17) is 4.74 Å². The van der Waals surface area contributed by atoms with E-state index in [1.54, 1.807) is 20.8 Å². The lowest BCUT2D eigenvalue weighted by Crippen LogP contribution is -2.50. The van der Waals surface area contributed by atoms with E-state index < -0.39 is 33.7 Å². The Morgan fingerprint density at radius 1 is 1.23 bits per heavy atom. The number of hydrogen-bond donors (Lipinski definition) is 2. The number of ether oxygens (including phenoxy) is 2. The second kappa shape index (κ2) is 8.94. The van der Waals surface area contributed by atoms with Gasteiger partial charge in [0, 0.05) is 6.54 Å². The van der Waals surface area contributed by atoms with E-state index in [9.17, 15) is 18.0 Å². The van der Waals surface area contributed by atoms with Crippen LogP contribution < -0.4 is 10.0 Å². The Bertz CT molecular complexity index is 469. The van der Waals surface area contributed by atoms with Crippen molar-refractivity contribution in [1.82, 2.24) is 10.0 Å². The van der Waals surface area contributed by atoms with Crippen LogP contribution in [-0.2, 0) is 24.3 Å². The number of hydrogen-bond acceptors (Lipinski definition) is 6. The van der Waals surface area contributed by atoms with Gasteiger partial charge in [-0.15, -0.1) is 0 Å². The first-order valence-electron chi connectivity index (χ1n) is 7.05. The predicted molar refractivity (Wildman–Crippen MR) is 81.9 cm³/mol. The zero-order valence-corrected chi connectivity index (χ0v) is 14.6. The van der Waals surface area contributed by atoms with Crippen molar-refractivity contribution >= 4 is 22.1 Å². The largest absolute Gasteiger partial charge is 0.468 e. The highest BCUT2D eigenvalue weighted by atomic mass is 32.2. The standard InChI is InChI=1S/C13H26N2O6S/c1-6-7-8-22(18,19)15-10(11(16)20-5)9-14-12(17)21-13(2,3)4/h10,15H,6-9H2,1-5H3,(H,14,17)/t10-/m0/s1. The van der Waals surface area contributed by atoms with Gasteiger partial charge in [-0.25, -0.2) is 13.2 Å². The monoisotopic (exact) mass is 338 g/mol. The molecule has 0 rings (SSSR count). The lowest BCUT2D eigenvalue weighted by Gasteiger charge is -2.21. The highest BCUT2D eigenvalue weighted by Crippen LogP contribution is 2.06. The molecule has 9 heteroatoms. The van der Waals surface area contributed by atoms with Gasteiger partial charge in [-0.3, -0.25) is 4.79 Å². The Morgan fingerprint density at radius 2 is 1.82 bits per heavy atom. The zero-order valence-electron chi connectivity index (χ0n) is 13.8. The number of sulfonamides is 1. The molecule has 0 heterocycles. The molecule has 0 aromatic carbocycles. The van der Waals surface area contributed by atoms with Crippen molar-refractivity contribution in [2.75, 3.05) is 19.4 Å². The van der Waals surface area contributed by atoms with Crippen LogP contribution in [0.15, 0.2) is 0 Å². The number of carbonyl (C=O) groups is 2. The van der Waals surface area contributed by atoms with Crippen LogP contribution in [0.4, 0.5) is 4.79 Å². The topological polar surface area (TPSA) is 111 Å². The van der Waals surface area contributed by atoms with Gasteiger partial charge >= 0.3 is 12.1 Å². The molecular weight excluding hydrogens is 312 g/mol. The fourth-order valence-electron chi connectivity index (χ4n) is 1.42. The molecule has 0 unspecified atom stereocenters. The summed E-state index contributed by atoms with van der Waals surface area (Å²) in [6, 6.07) is -1.20. The Morgan fingerprint density at radius 3 is 2.27 bits per heavy atom. The maximum Gasteiger partial charge on any atom is 0.407 e. The van der Waals surface area contributed by atoms with E-state index in [1.165, 1.54) is 0 Å². The first-order valence-corrected chi connectivity index (χ1v) is 8.70. The van der Waals surface area contributed by atoms with Crippen molar-refractivity contribution in [1.29, 1.82) is 0 Å². The van der Waals surface area contributed by atoms with Gasteiger partial charge < -0.3 is 14.8 Å². The minimum Gasteiger partial charge on any atom is -0.468 e. The number of methoxy groups -OCH3 is 1. The van der Waals surface area contributed by atoms with Crippen LogP contribution in [0.5, 0.6) is 0 Å². The number of alkyl carbamates (subject to hydrolysis) is 1. The van der Waals surface area contributed by atoms with Gasteiger partial charge in [-0.05, 0) is 27.2 Å². The highest BCUT2D eigenvalue weighted by molar-refractivity contribution is 7.89. The summed E-state index contributed by atoms with van der Waals surface area (Å²) in [5.74, 6) is -0.875. The molecular formula is C13H26N2O6S. The summed E-state index contributed by atoms with van der Waals surface area (Å²) in [5.41, 5.74) is -0.689. The Labute approximate surface area is 132 Å². The van der Waals surface area contributed by atoms with Crippen LogP contribution in [-0.4, -0.2) is 51.5 Å². The summed E-state index contributed by atoms with van der Waals surface area (Å²) < 4.78 is 35.4. The van der Waals surface area contributed by atoms with Crippen molar-refractivity contribution in [3.8, 4) is 0 Å². The van der Waals surface area contributed by atoms with Crippen LogP contribution >= 0.6 is 0 Å². The Hall–Kier alpha value is -1.35. The van der Waals surface area contributed by atoms with Gasteiger partial charge in [0.05, 0.1) is 12.9 Å². The summed E-state index contributed by atoms with van der Waals surface area (Å²) >= 11 is 0. The number of rotatable bonds is 8. The molecule has 0 fully saturated rings. The van der Waals surface area contributed by atoms with E-state index in [1.807, 2.05) is 6.92 Å². The van der Waals surface area contributed by atoms with Crippen LogP contribution in [0.2, 0.25) is 0 Å². The van der Waals surface area contributed by atoms with E-state index in [0.717, 1.165) is 7.11 Å². The Kier molecular flexibility index (Phi) is 8.39. The smallest absolute Gasteiger partial charge is 0.407 e. The third-order valence-corrected chi connectivity index (χ3v) is 3.89. The molecule has 0 radical (unpaired) electrons. The summed E-state index contributed by atoms with van der Waals surface area (Å²) in [5, 5.41) is 2.34. The minimum atomic E-state index is -3.62. The molecule has 0 saturated heterocycles. The van der Waals surface area contributed by atoms with Gasteiger partial charge in [-0.2, -0.15) is 4.72 Å². The summed E-state index contributed by atoms with van der Waals surface area (Å²) in [7, 11) is -2.48. The molecule has 1 amide bonds. The summed E-state index contributed by atoms with van der Waals surface area (Å²) in [6.07, 6.45) is 0.442. The lowest BCUT2D eigenvalue weighted by atomic mass is 10.2. The van der Waals surface area contributed by atoms with Crippen molar-refractivity contribution in [2.45, 2.75) is 52.2 Å². The van der Waals surface area contributed by atoms with Crippen LogP contribution in [0, 0.1) is 0 Å². The van der Waals surface area contributed by atoms with E-state index in [0.29, 0.717) is 12.8 Å². The highest BCUT2D eigenvalue weighted by Gasteiger charge is 2.26. The zero-order chi connectivity index (χ0) is 17.4. The molecule has 0 aliphatic rings. The van der Waals surface area contributed by atoms with Crippen molar-refractivity contribution in [3.63, 3.8) is 0 Å². The van der Waals surface area contributed by atoms with Crippen molar-refractivity contribution in [3.05, 3.63) is 0 Å². The quantitative estimate of drug-likeness (QED) is 0.633. The van der Waals surface area contributed by atoms with Crippen molar-refractivity contribution < 1.29 is 27.5 Å². The van der Waals surface area contributed by atoms with Gasteiger partial charge in [0.1, 0.15) is 11.6 Å². The molecule has 0 saturated carbocycles. The molecule has 22 heavy (non-hydrogen) atoms. The first-order chi connectivity index (χ1) is 10.0. The maximum atomic E-state index is 11.8. The SMILES string of the molecule is CCCCS(=O)(=O)N[C@@H](CNC(=O)OC(C)(C)C)C(=O)OC. The molecule has 0 spiro atoms. The number of carbonyl (C=O) groups excluding carboxylic acids is 2. The van der Waals surface area contributed by atoms with E-state index in [2.05, 4.69) is 14.8 Å². The third kappa shape index (κ3) is 9.56. The molecule has 0 aliphatic heterocycles. The summed E-state index contributed by atoms with van der Waals surface area (Å²) in [4.78, 5) is 23.2. The first kappa shape index (κ1) is 20.6. The lowest BCUT2D eigenvalue weighted by molar-refractivity contribution is -0.142. The van der Waals surface area contributed by atoms with Gasteiger partial charge in [-0.1, -0.05) is 13.3 Å². The molecule has 130 valence electrons. The number of esters is 1. The molecule has 0 aromatic heterocycles. The molecule has 8 nitrogen and oxygen atoms in total. The van der Waals surface area contributed by atoms with Crippen LogP contribution in [0.25, 0.3) is 0 Å². The Balaban J connectivity index is 4.67. The van der Waals surface area contributed by atoms with E-state index >= 15 is 0 Å². The second-order valence-electron chi connectivity index (χ2n) is 5.75. The molecule has 1 atom stereocenters. The fraction of sp³-hybridized carbons (Fsp3) is 0.846. The fourth-order valence-corrected chi connectivity index (χ4v) is 2.82. The van der Waals surface area contributed by atoms with Gasteiger partial charge in [0.15, 0.2) is 0 Å². The average Bonchev–Trinajstić information content (AvgIpc) is 2.38. The van der Waals surface area contributed by atoms with Crippen LogP contribution in [0.1, 0.15) is 40.5 Å². The molecule has 2 N–H and O–H groups in total. The number of nitrogens with one attached hydrogen (secondary N) is 2. The normalized spacial score (nSPS) is 13.3. The predicted octanol–water partition coefficient (Wildman–Crippen LogP) is 0.772. The minimum absolute atomic E-state index is 0.0938.